The first kappa shape index (κ1) is 11.8. The normalized spacial score (nSPS) is 17.2. The fourth-order valence-electron chi connectivity index (χ4n) is 2.14. The van der Waals surface area contributed by atoms with Gasteiger partial charge in [0.2, 0.25) is 5.91 Å². The third kappa shape index (κ3) is 4.02. The van der Waals surface area contributed by atoms with Gasteiger partial charge in [-0.1, -0.05) is 25.3 Å². The second-order valence-corrected chi connectivity index (χ2v) is 4.46. The minimum atomic E-state index is 0.000697. The second-order valence-electron chi connectivity index (χ2n) is 4.46. The van der Waals surface area contributed by atoms with Crippen LogP contribution in [0.1, 0.15) is 37.7 Å². The first-order chi connectivity index (χ1) is 8.34. The summed E-state index contributed by atoms with van der Waals surface area (Å²) in [5, 5.41) is 3.04. The lowest BCUT2D eigenvalue weighted by Gasteiger charge is -2.21. The molecule has 0 saturated heterocycles. The van der Waals surface area contributed by atoms with Gasteiger partial charge in [0.25, 0.3) is 0 Å². The molecule has 0 aromatic carbocycles. The lowest BCUT2D eigenvalue weighted by atomic mass is 9.95. The van der Waals surface area contributed by atoms with E-state index in [2.05, 4.69) is 10.3 Å². The van der Waals surface area contributed by atoms with Crippen LogP contribution in [0.25, 0.3) is 6.08 Å². The van der Waals surface area contributed by atoms with Gasteiger partial charge in [0.1, 0.15) is 0 Å². The maximum absolute atomic E-state index is 11.7. The fourth-order valence-corrected chi connectivity index (χ4v) is 2.14. The molecule has 17 heavy (non-hydrogen) atoms. The van der Waals surface area contributed by atoms with E-state index in [4.69, 9.17) is 0 Å². The molecule has 1 N–H and O–H groups in total. The van der Waals surface area contributed by atoms with Crippen molar-refractivity contribution in [3.63, 3.8) is 0 Å². The van der Waals surface area contributed by atoms with Gasteiger partial charge in [-0.05, 0) is 30.5 Å². The highest BCUT2D eigenvalue weighted by atomic mass is 16.1. The molecule has 1 saturated carbocycles. The van der Waals surface area contributed by atoms with E-state index in [0.717, 1.165) is 18.4 Å². The molecule has 3 heteroatoms. The summed E-state index contributed by atoms with van der Waals surface area (Å²) in [5.41, 5.74) is 0.950. The molecule has 0 aliphatic heterocycles. The smallest absolute Gasteiger partial charge is 0.244 e. The number of hydrogen-bond acceptors (Lipinski definition) is 2. The van der Waals surface area contributed by atoms with Crippen LogP contribution in [0.3, 0.4) is 0 Å². The van der Waals surface area contributed by atoms with Crippen LogP contribution in [-0.4, -0.2) is 16.9 Å². The van der Waals surface area contributed by atoms with Crippen LogP contribution in [0.4, 0.5) is 0 Å². The summed E-state index contributed by atoms with van der Waals surface area (Å²) >= 11 is 0. The monoisotopic (exact) mass is 230 g/mol. The van der Waals surface area contributed by atoms with E-state index in [1.165, 1.54) is 19.3 Å². The molecule has 90 valence electrons. The Morgan fingerprint density at radius 3 is 2.88 bits per heavy atom. The number of nitrogens with zero attached hydrogens (tertiary/aromatic N) is 1. The van der Waals surface area contributed by atoms with Crippen molar-refractivity contribution >= 4 is 12.0 Å². The van der Waals surface area contributed by atoms with E-state index >= 15 is 0 Å². The van der Waals surface area contributed by atoms with Crippen LogP contribution >= 0.6 is 0 Å². The molecule has 0 unspecified atom stereocenters. The fraction of sp³-hybridized carbons (Fsp3) is 0.429. The first-order valence-corrected chi connectivity index (χ1v) is 6.23. The molecule has 0 atom stereocenters. The van der Waals surface area contributed by atoms with E-state index < -0.39 is 0 Å². The van der Waals surface area contributed by atoms with E-state index in [9.17, 15) is 4.79 Å². The molecule has 1 amide bonds. The molecule has 2 rings (SSSR count). The third-order valence-electron chi connectivity index (χ3n) is 3.06. The highest BCUT2D eigenvalue weighted by molar-refractivity contribution is 5.91. The van der Waals surface area contributed by atoms with Gasteiger partial charge in [0, 0.05) is 24.5 Å². The Labute approximate surface area is 102 Å². The zero-order valence-corrected chi connectivity index (χ0v) is 9.93. The Hall–Kier alpha value is -1.64. The number of nitrogens with one attached hydrogen (secondary N) is 1. The van der Waals surface area contributed by atoms with Gasteiger partial charge in [-0.25, -0.2) is 0 Å². The molecule has 3 nitrogen and oxygen atoms in total. The second kappa shape index (κ2) is 6.18. The quantitative estimate of drug-likeness (QED) is 0.811. The molecule has 0 bridgehead atoms. The van der Waals surface area contributed by atoms with Crippen LogP contribution in [0.5, 0.6) is 0 Å². The summed E-state index contributed by atoms with van der Waals surface area (Å²) in [5.74, 6) is 0.000697. The van der Waals surface area contributed by atoms with Gasteiger partial charge in [-0.15, -0.1) is 0 Å². The average molecular weight is 230 g/mol. The van der Waals surface area contributed by atoms with Crippen LogP contribution in [0.15, 0.2) is 30.6 Å². The topological polar surface area (TPSA) is 42.0 Å². The molecule has 1 aliphatic carbocycles. The maximum Gasteiger partial charge on any atom is 0.244 e. The average Bonchev–Trinajstić information content (AvgIpc) is 2.39. The predicted octanol–water partition coefficient (Wildman–Crippen LogP) is 2.54. The molecule has 1 aromatic heterocycles. The number of amides is 1. The molecule has 1 heterocycles. The Morgan fingerprint density at radius 1 is 1.35 bits per heavy atom. The van der Waals surface area contributed by atoms with Gasteiger partial charge in [0.05, 0.1) is 0 Å². The van der Waals surface area contributed by atoms with Crippen molar-refractivity contribution < 1.29 is 4.79 Å². The summed E-state index contributed by atoms with van der Waals surface area (Å²) in [6, 6.07) is 4.16. The molecule has 0 spiro atoms. The zero-order chi connectivity index (χ0) is 11.9. The lowest BCUT2D eigenvalue weighted by Crippen LogP contribution is -2.34. The van der Waals surface area contributed by atoms with Crippen LogP contribution in [0, 0.1) is 0 Å². The van der Waals surface area contributed by atoms with E-state index in [1.54, 1.807) is 24.5 Å². The van der Waals surface area contributed by atoms with Gasteiger partial charge >= 0.3 is 0 Å². The lowest BCUT2D eigenvalue weighted by molar-refractivity contribution is -0.117. The number of carbonyl (C=O) groups excluding carboxylic acids is 1. The van der Waals surface area contributed by atoms with E-state index in [1.807, 2.05) is 12.1 Å². The van der Waals surface area contributed by atoms with Crippen LogP contribution in [0.2, 0.25) is 0 Å². The summed E-state index contributed by atoms with van der Waals surface area (Å²) in [7, 11) is 0. The third-order valence-corrected chi connectivity index (χ3v) is 3.06. The Kier molecular flexibility index (Phi) is 4.30. The van der Waals surface area contributed by atoms with E-state index in [-0.39, 0.29) is 5.91 Å². The van der Waals surface area contributed by atoms with Crippen molar-refractivity contribution in [2.75, 3.05) is 0 Å². The van der Waals surface area contributed by atoms with Crippen molar-refractivity contribution in [1.82, 2.24) is 10.3 Å². The molecular weight excluding hydrogens is 212 g/mol. The number of hydrogen-bond donors (Lipinski definition) is 1. The van der Waals surface area contributed by atoms with Crippen molar-refractivity contribution in [3.05, 3.63) is 36.2 Å². The van der Waals surface area contributed by atoms with E-state index in [0.29, 0.717) is 6.04 Å². The van der Waals surface area contributed by atoms with Gasteiger partial charge in [-0.2, -0.15) is 0 Å². The summed E-state index contributed by atoms with van der Waals surface area (Å²) in [6.07, 6.45) is 12.9. The SMILES string of the molecule is O=C(/C=C\c1cccnc1)NC1CCCCC1. The zero-order valence-electron chi connectivity index (χ0n) is 9.93. The maximum atomic E-state index is 11.7. The number of aromatic nitrogens is 1. The summed E-state index contributed by atoms with van der Waals surface area (Å²) < 4.78 is 0. The first-order valence-electron chi connectivity index (χ1n) is 6.23. The predicted molar refractivity (Wildman–Crippen MR) is 68.3 cm³/mol. The minimum Gasteiger partial charge on any atom is -0.350 e. The number of rotatable bonds is 3. The Balaban J connectivity index is 1.82. The van der Waals surface area contributed by atoms with Gasteiger partial charge < -0.3 is 5.32 Å². The van der Waals surface area contributed by atoms with Crippen molar-refractivity contribution in [2.24, 2.45) is 0 Å². The summed E-state index contributed by atoms with van der Waals surface area (Å²) in [6.45, 7) is 0. The summed E-state index contributed by atoms with van der Waals surface area (Å²) in [4.78, 5) is 15.7. The van der Waals surface area contributed by atoms with Crippen LogP contribution in [-0.2, 0) is 4.79 Å². The van der Waals surface area contributed by atoms with Crippen molar-refractivity contribution in [3.8, 4) is 0 Å². The highest BCUT2D eigenvalue weighted by Gasteiger charge is 2.13. The van der Waals surface area contributed by atoms with Gasteiger partial charge in [-0.3, -0.25) is 9.78 Å². The Morgan fingerprint density at radius 2 is 2.18 bits per heavy atom. The van der Waals surface area contributed by atoms with Gasteiger partial charge in [0.15, 0.2) is 0 Å². The van der Waals surface area contributed by atoms with Crippen molar-refractivity contribution in [1.29, 1.82) is 0 Å². The molecule has 1 aromatic rings. The largest absolute Gasteiger partial charge is 0.350 e. The molecular formula is C14H18N2O. The number of pyridine rings is 1. The minimum absolute atomic E-state index is 0.000697. The number of carbonyl (C=O) groups is 1. The van der Waals surface area contributed by atoms with Crippen LogP contribution < -0.4 is 5.32 Å². The molecule has 1 fully saturated rings. The van der Waals surface area contributed by atoms with Crippen molar-refractivity contribution in [2.45, 2.75) is 38.1 Å². The molecule has 0 radical (unpaired) electrons. The highest BCUT2D eigenvalue weighted by Crippen LogP contribution is 2.17. The Bertz CT molecular complexity index is 380. The standard InChI is InChI=1S/C14H18N2O/c17-14(16-13-6-2-1-3-7-13)9-8-12-5-4-10-15-11-12/h4-5,8-11,13H,1-3,6-7H2,(H,16,17)/b9-8-. The molecule has 1 aliphatic rings.